The normalized spacial score (nSPS) is 20.5. The van der Waals surface area contributed by atoms with Crippen molar-refractivity contribution in [1.29, 1.82) is 0 Å². The predicted molar refractivity (Wildman–Crippen MR) is 128 cm³/mol. The van der Waals surface area contributed by atoms with Gasteiger partial charge in [-0.2, -0.15) is 0 Å². The van der Waals surface area contributed by atoms with Crippen LogP contribution >= 0.6 is 11.3 Å². The van der Waals surface area contributed by atoms with Gasteiger partial charge in [0.15, 0.2) is 0 Å². The summed E-state index contributed by atoms with van der Waals surface area (Å²) in [5.41, 5.74) is 6.48. The minimum absolute atomic E-state index is 0.0112. The van der Waals surface area contributed by atoms with E-state index in [1.807, 2.05) is 52.9 Å². The topological polar surface area (TPSA) is 89.5 Å². The Labute approximate surface area is 194 Å². The number of thiophene rings is 1. The Morgan fingerprint density at radius 1 is 1.03 bits per heavy atom. The van der Waals surface area contributed by atoms with Crippen molar-refractivity contribution >= 4 is 33.7 Å². The number of nitrogens with one attached hydrogen (secondary N) is 1. The number of aliphatic hydroxyl groups is 2. The Hall–Kier alpha value is -3.26. The van der Waals surface area contributed by atoms with E-state index in [1.165, 1.54) is 16.9 Å². The summed E-state index contributed by atoms with van der Waals surface area (Å²) >= 11 is 1.47. The first-order valence-corrected chi connectivity index (χ1v) is 12.0. The van der Waals surface area contributed by atoms with Crippen LogP contribution in [0.15, 0.2) is 65.9 Å². The number of aliphatic hydroxyl groups excluding tert-OH is 2. The summed E-state index contributed by atoms with van der Waals surface area (Å²) in [6.07, 6.45) is 4.79. The van der Waals surface area contributed by atoms with Gasteiger partial charge in [0.05, 0.1) is 11.1 Å². The number of benzene rings is 1. The predicted octanol–water partition coefficient (Wildman–Crippen LogP) is 4.44. The highest BCUT2D eigenvalue weighted by Crippen LogP contribution is 2.47. The van der Waals surface area contributed by atoms with E-state index >= 15 is 0 Å². The van der Waals surface area contributed by atoms with Crippen molar-refractivity contribution in [1.82, 2.24) is 14.9 Å². The molecule has 2 atom stereocenters. The van der Waals surface area contributed by atoms with Gasteiger partial charge in [-0.1, -0.05) is 29.8 Å². The summed E-state index contributed by atoms with van der Waals surface area (Å²) in [7, 11) is 0. The summed E-state index contributed by atoms with van der Waals surface area (Å²) < 4.78 is 0. The molecule has 0 radical (unpaired) electrons. The molecule has 1 aliphatic carbocycles. The van der Waals surface area contributed by atoms with E-state index in [0.717, 1.165) is 50.9 Å². The van der Waals surface area contributed by atoms with Gasteiger partial charge in [-0.15, -0.1) is 11.3 Å². The van der Waals surface area contributed by atoms with Crippen LogP contribution in [0.2, 0.25) is 0 Å². The van der Waals surface area contributed by atoms with Crippen LogP contribution < -0.4 is 0 Å². The molecule has 0 saturated carbocycles. The first-order chi connectivity index (χ1) is 16.1. The van der Waals surface area contributed by atoms with Crippen LogP contribution in [0, 0.1) is 0 Å². The van der Waals surface area contributed by atoms with Crippen LogP contribution in [0.1, 0.15) is 57.0 Å². The van der Waals surface area contributed by atoms with E-state index in [0.29, 0.717) is 18.7 Å². The van der Waals surface area contributed by atoms with Crippen molar-refractivity contribution in [3.8, 4) is 0 Å². The van der Waals surface area contributed by atoms with Crippen molar-refractivity contribution in [3.63, 3.8) is 0 Å². The van der Waals surface area contributed by atoms with Gasteiger partial charge in [-0.3, -0.25) is 9.78 Å². The van der Waals surface area contributed by atoms with Gasteiger partial charge in [0, 0.05) is 41.9 Å². The Morgan fingerprint density at radius 2 is 1.85 bits per heavy atom. The number of aromatic amines is 1. The lowest BCUT2D eigenvalue weighted by Gasteiger charge is -2.30. The largest absolute Gasteiger partial charge is 0.385 e. The van der Waals surface area contributed by atoms with Gasteiger partial charge in [-0.05, 0) is 52.6 Å². The number of hydrogen-bond donors (Lipinski definition) is 3. The van der Waals surface area contributed by atoms with Gasteiger partial charge in [-0.25, -0.2) is 0 Å². The lowest BCUT2D eigenvalue weighted by molar-refractivity contribution is 0.0199. The molecule has 4 heterocycles. The number of rotatable bonds is 1. The quantitative estimate of drug-likeness (QED) is 0.394. The number of pyridine rings is 1. The van der Waals surface area contributed by atoms with E-state index in [9.17, 15) is 15.0 Å². The number of amides is 1. The van der Waals surface area contributed by atoms with Crippen LogP contribution in [-0.4, -0.2) is 44.1 Å². The number of nitrogens with zero attached hydrogens (tertiary/aromatic N) is 2. The molecule has 4 aromatic rings. The minimum atomic E-state index is -0.966. The fraction of sp³-hybridized carbons (Fsp3) is 0.231. The molecule has 6 rings (SSSR count). The zero-order valence-electron chi connectivity index (χ0n) is 17.9. The van der Waals surface area contributed by atoms with Gasteiger partial charge < -0.3 is 20.1 Å². The second-order valence-electron chi connectivity index (χ2n) is 8.58. The van der Waals surface area contributed by atoms with Crippen molar-refractivity contribution in [3.05, 3.63) is 93.1 Å². The lowest BCUT2D eigenvalue weighted by atomic mass is 9.87. The number of likely N-dealkylation sites (tertiary alicyclic amines) is 1. The van der Waals surface area contributed by atoms with Gasteiger partial charge in [0.25, 0.3) is 5.91 Å². The average Bonchev–Trinajstić information content (AvgIpc) is 3.52. The number of hydrogen-bond acceptors (Lipinski definition) is 5. The molecule has 1 saturated heterocycles. The monoisotopic (exact) mass is 457 g/mol. The molecule has 2 unspecified atom stereocenters. The average molecular weight is 458 g/mol. The third kappa shape index (κ3) is 3.23. The van der Waals surface area contributed by atoms with E-state index in [2.05, 4.69) is 9.97 Å². The summed E-state index contributed by atoms with van der Waals surface area (Å²) in [5.74, 6) is -0.0112. The highest BCUT2D eigenvalue weighted by Gasteiger charge is 2.34. The molecule has 0 spiro atoms. The second-order valence-corrected chi connectivity index (χ2v) is 9.52. The molecule has 166 valence electrons. The molecular formula is C26H23N3O3S. The van der Waals surface area contributed by atoms with Crippen molar-refractivity contribution in [2.75, 3.05) is 13.1 Å². The first kappa shape index (κ1) is 20.4. The van der Waals surface area contributed by atoms with Crippen molar-refractivity contribution in [2.24, 2.45) is 0 Å². The van der Waals surface area contributed by atoms with Gasteiger partial charge in [0.1, 0.15) is 12.2 Å². The molecule has 3 N–H and O–H groups in total. The molecule has 33 heavy (non-hydrogen) atoms. The minimum Gasteiger partial charge on any atom is -0.385 e. The molecule has 2 aliphatic rings. The van der Waals surface area contributed by atoms with Gasteiger partial charge >= 0.3 is 0 Å². The summed E-state index contributed by atoms with van der Waals surface area (Å²) in [5, 5.41) is 24.6. The Morgan fingerprint density at radius 3 is 2.70 bits per heavy atom. The van der Waals surface area contributed by atoms with E-state index in [1.54, 1.807) is 12.4 Å². The molecule has 1 aromatic carbocycles. The van der Waals surface area contributed by atoms with E-state index in [4.69, 9.17) is 0 Å². The first-order valence-electron chi connectivity index (χ1n) is 11.1. The molecular weight excluding hydrogens is 434 g/mol. The molecule has 1 fully saturated rings. The molecule has 6 nitrogen and oxygen atoms in total. The molecule has 1 amide bonds. The number of piperidine rings is 1. The zero-order chi connectivity index (χ0) is 22.5. The second kappa shape index (κ2) is 7.95. The van der Waals surface area contributed by atoms with Gasteiger partial charge in [0.2, 0.25) is 0 Å². The number of carbonyl (C=O) groups excluding carboxylic acids is 1. The van der Waals surface area contributed by atoms with Crippen molar-refractivity contribution < 1.29 is 15.0 Å². The lowest BCUT2D eigenvalue weighted by Crippen LogP contribution is -2.36. The standard InChI is InChI=1S/C26H23N3O3S/c30-23-18-4-2-1-3-17(18)21(19-8-12-33-25(19)24(23)31)15-6-10-29(11-7-15)26(32)20-14-27-13-16-5-9-28-22(16)20/h1-5,8-9,12-14,23-24,28,30-31H,6-7,10-11H2. The SMILES string of the molecule is O=C(c1cncc2cc[nH]c12)N1CCC(=C2c3ccccc3C(O)C(O)c3sccc32)CC1. The van der Waals surface area contributed by atoms with E-state index in [-0.39, 0.29) is 5.91 Å². The fourth-order valence-corrected chi connectivity index (χ4v) is 6.04. The maximum absolute atomic E-state index is 13.3. The molecule has 1 aliphatic heterocycles. The fourth-order valence-electron chi connectivity index (χ4n) is 5.12. The maximum Gasteiger partial charge on any atom is 0.257 e. The molecule has 7 heteroatoms. The highest BCUT2D eigenvalue weighted by atomic mass is 32.1. The smallest absolute Gasteiger partial charge is 0.257 e. The number of carbonyl (C=O) groups is 1. The zero-order valence-corrected chi connectivity index (χ0v) is 18.7. The number of fused-ring (bicyclic) bond motifs is 3. The van der Waals surface area contributed by atoms with Crippen LogP contribution in [0.25, 0.3) is 16.5 Å². The Balaban J connectivity index is 1.36. The Bertz CT molecular complexity index is 1390. The molecule has 3 aromatic heterocycles. The molecule has 0 bridgehead atoms. The Kier molecular flexibility index (Phi) is 4.90. The number of aromatic nitrogens is 2. The van der Waals surface area contributed by atoms with Crippen LogP contribution in [0.5, 0.6) is 0 Å². The highest BCUT2D eigenvalue weighted by molar-refractivity contribution is 7.10. The summed E-state index contributed by atoms with van der Waals surface area (Å²) in [6, 6.07) is 11.7. The van der Waals surface area contributed by atoms with Crippen LogP contribution in [0.3, 0.4) is 0 Å². The van der Waals surface area contributed by atoms with Crippen molar-refractivity contribution in [2.45, 2.75) is 25.0 Å². The third-order valence-electron chi connectivity index (χ3n) is 6.78. The van der Waals surface area contributed by atoms with Crippen LogP contribution in [-0.2, 0) is 0 Å². The number of H-pyrrole nitrogens is 1. The third-order valence-corrected chi connectivity index (χ3v) is 7.77. The van der Waals surface area contributed by atoms with E-state index < -0.39 is 12.2 Å². The summed E-state index contributed by atoms with van der Waals surface area (Å²) in [4.78, 5) is 23.4. The van der Waals surface area contributed by atoms with Crippen LogP contribution in [0.4, 0.5) is 0 Å². The summed E-state index contributed by atoms with van der Waals surface area (Å²) in [6.45, 7) is 1.23. The maximum atomic E-state index is 13.3.